The second-order valence-electron chi connectivity index (χ2n) is 5.72. The van der Waals surface area contributed by atoms with Crippen LogP contribution in [0.15, 0.2) is 35.7 Å². The Morgan fingerprint density at radius 2 is 2.23 bits per heavy atom. The van der Waals surface area contributed by atoms with Crippen molar-refractivity contribution in [2.24, 2.45) is 7.05 Å². The van der Waals surface area contributed by atoms with Crippen LogP contribution in [0.3, 0.4) is 0 Å². The molecule has 0 aliphatic carbocycles. The summed E-state index contributed by atoms with van der Waals surface area (Å²) in [4.78, 5) is 16.2. The molecule has 1 saturated heterocycles. The average molecular weight is 403 g/mol. The van der Waals surface area contributed by atoms with E-state index in [0.717, 1.165) is 10.4 Å². The number of carbonyl (C=O) groups excluding carboxylic acids is 1. The van der Waals surface area contributed by atoms with Gasteiger partial charge in [0.2, 0.25) is 0 Å². The number of aryl methyl sites for hydroxylation is 1. The lowest BCUT2D eigenvalue weighted by atomic mass is 10.2. The van der Waals surface area contributed by atoms with Gasteiger partial charge >= 0.3 is 0 Å². The molecular weight excluding hydrogens is 387 g/mol. The number of sulfonamides is 1. The maximum Gasteiger partial charge on any atom is 0.262 e. The Morgan fingerprint density at radius 1 is 1.46 bits per heavy atom. The Labute approximate surface area is 154 Å². The van der Waals surface area contributed by atoms with Crippen LogP contribution in [0.2, 0.25) is 5.02 Å². The van der Waals surface area contributed by atoms with Gasteiger partial charge in [0.25, 0.3) is 15.9 Å². The summed E-state index contributed by atoms with van der Waals surface area (Å²) in [6, 6.07) is 3.83. The molecular formula is C15H16ClFN4O4S. The van der Waals surface area contributed by atoms with Gasteiger partial charge in [0.15, 0.2) is 5.03 Å². The number of nitrogens with one attached hydrogen (secondary N) is 1. The highest BCUT2D eigenvalue weighted by atomic mass is 35.5. The first-order chi connectivity index (χ1) is 12.3. The SMILES string of the molecule is Cn1cnc(S(=O)(=O)N2CCOC(C(=O)Nc3ccc(Cl)c(F)c3)C2)c1. The van der Waals surface area contributed by atoms with E-state index >= 15 is 0 Å². The fourth-order valence-electron chi connectivity index (χ4n) is 2.45. The first-order valence-electron chi connectivity index (χ1n) is 7.63. The Bertz CT molecular complexity index is 933. The normalized spacial score (nSPS) is 18.7. The summed E-state index contributed by atoms with van der Waals surface area (Å²) in [6.07, 6.45) is 1.74. The number of halogens is 2. The van der Waals surface area contributed by atoms with Crippen LogP contribution in [0, 0.1) is 5.82 Å². The Hall–Kier alpha value is -2.01. The highest BCUT2D eigenvalue weighted by molar-refractivity contribution is 7.89. The number of aromatic nitrogens is 2. The molecule has 8 nitrogen and oxygen atoms in total. The van der Waals surface area contributed by atoms with Crippen LogP contribution in [0.25, 0.3) is 0 Å². The second-order valence-corrected chi connectivity index (χ2v) is 8.01. The van der Waals surface area contributed by atoms with Crippen molar-refractivity contribution in [3.8, 4) is 0 Å². The van der Waals surface area contributed by atoms with E-state index in [2.05, 4.69) is 10.3 Å². The molecule has 1 amide bonds. The molecule has 0 spiro atoms. The summed E-state index contributed by atoms with van der Waals surface area (Å²) >= 11 is 5.60. The molecule has 3 rings (SSSR count). The first kappa shape index (κ1) is 18.8. The quantitative estimate of drug-likeness (QED) is 0.830. The zero-order valence-electron chi connectivity index (χ0n) is 13.7. The number of benzene rings is 1. The maximum atomic E-state index is 13.5. The highest BCUT2D eigenvalue weighted by Crippen LogP contribution is 2.21. The molecule has 140 valence electrons. The molecule has 1 unspecified atom stereocenters. The minimum absolute atomic E-state index is 0.0547. The van der Waals surface area contributed by atoms with Crippen molar-refractivity contribution in [3.05, 3.63) is 41.6 Å². The number of hydrogen-bond donors (Lipinski definition) is 1. The molecule has 26 heavy (non-hydrogen) atoms. The number of amides is 1. The lowest BCUT2D eigenvalue weighted by Gasteiger charge is -2.30. The minimum Gasteiger partial charge on any atom is -0.366 e. The number of carbonyl (C=O) groups is 1. The van der Waals surface area contributed by atoms with E-state index in [0.29, 0.717) is 0 Å². The van der Waals surface area contributed by atoms with E-state index in [4.69, 9.17) is 16.3 Å². The van der Waals surface area contributed by atoms with E-state index in [-0.39, 0.29) is 35.4 Å². The van der Waals surface area contributed by atoms with Gasteiger partial charge in [-0.3, -0.25) is 4.79 Å². The van der Waals surface area contributed by atoms with Crippen molar-refractivity contribution in [1.82, 2.24) is 13.9 Å². The highest BCUT2D eigenvalue weighted by Gasteiger charge is 2.35. The molecule has 1 N–H and O–H groups in total. The van der Waals surface area contributed by atoms with Gasteiger partial charge in [-0.05, 0) is 18.2 Å². The standard InChI is InChI=1S/C15H16ClFN4O4S/c1-20-8-14(18-9-20)26(23,24)21-4-5-25-13(7-21)15(22)19-10-2-3-11(16)12(17)6-10/h2-3,6,8-9,13H,4-5,7H2,1H3,(H,19,22). The number of hydrogen-bond acceptors (Lipinski definition) is 5. The van der Waals surface area contributed by atoms with Gasteiger partial charge < -0.3 is 14.6 Å². The summed E-state index contributed by atoms with van der Waals surface area (Å²) in [5, 5.41) is 2.33. The predicted molar refractivity (Wildman–Crippen MR) is 91.7 cm³/mol. The molecule has 1 aliphatic heterocycles. The molecule has 1 fully saturated rings. The molecule has 2 aromatic rings. The summed E-state index contributed by atoms with van der Waals surface area (Å²) in [6.45, 7) is -0.00178. The van der Waals surface area contributed by atoms with Gasteiger partial charge in [-0.15, -0.1) is 0 Å². The molecule has 0 radical (unpaired) electrons. The number of nitrogens with zero attached hydrogens (tertiary/aromatic N) is 3. The van der Waals surface area contributed by atoms with Gasteiger partial charge in [0, 0.05) is 32.0 Å². The average Bonchev–Trinajstić information content (AvgIpc) is 3.05. The van der Waals surface area contributed by atoms with Gasteiger partial charge in [-0.25, -0.2) is 17.8 Å². The Kier molecular flexibility index (Phi) is 5.28. The minimum atomic E-state index is -3.83. The van der Waals surface area contributed by atoms with Crippen molar-refractivity contribution in [3.63, 3.8) is 0 Å². The third-order valence-corrected chi connectivity index (χ3v) is 5.85. The van der Waals surface area contributed by atoms with E-state index < -0.39 is 27.9 Å². The predicted octanol–water partition coefficient (Wildman–Crippen LogP) is 1.24. The van der Waals surface area contributed by atoms with Crippen molar-refractivity contribution < 1.29 is 22.3 Å². The van der Waals surface area contributed by atoms with Crippen molar-refractivity contribution >= 4 is 33.2 Å². The fourth-order valence-corrected chi connectivity index (χ4v) is 3.96. The number of ether oxygens (including phenoxy) is 1. The third kappa shape index (κ3) is 3.88. The molecule has 1 atom stereocenters. The van der Waals surface area contributed by atoms with Gasteiger partial charge in [0.05, 0.1) is 18.0 Å². The second kappa shape index (κ2) is 7.31. The lowest BCUT2D eigenvalue weighted by Crippen LogP contribution is -2.50. The number of anilines is 1. The van der Waals surface area contributed by atoms with E-state index in [1.165, 1.54) is 29.2 Å². The third-order valence-electron chi connectivity index (χ3n) is 3.79. The number of imidazole rings is 1. The maximum absolute atomic E-state index is 13.5. The Morgan fingerprint density at radius 3 is 2.88 bits per heavy atom. The van der Waals surface area contributed by atoms with Crippen LogP contribution in [-0.4, -0.2) is 54.0 Å². The topological polar surface area (TPSA) is 93.5 Å². The van der Waals surface area contributed by atoms with E-state index in [9.17, 15) is 17.6 Å². The van der Waals surface area contributed by atoms with Crippen LogP contribution >= 0.6 is 11.6 Å². The van der Waals surface area contributed by atoms with Crippen molar-refractivity contribution in [2.75, 3.05) is 25.0 Å². The molecule has 0 saturated carbocycles. The lowest BCUT2D eigenvalue weighted by molar-refractivity contribution is -0.130. The van der Waals surface area contributed by atoms with Crippen LogP contribution in [0.1, 0.15) is 0 Å². The molecule has 0 bridgehead atoms. The number of morpholine rings is 1. The molecule has 11 heteroatoms. The largest absolute Gasteiger partial charge is 0.366 e. The molecule has 1 aromatic heterocycles. The zero-order chi connectivity index (χ0) is 18.9. The van der Waals surface area contributed by atoms with Gasteiger partial charge in [0.1, 0.15) is 11.9 Å². The number of rotatable bonds is 4. The Balaban J connectivity index is 1.71. The van der Waals surface area contributed by atoms with Crippen LogP contribution < -0.4 is 5.32 Å². The zero-order valence-corrected chi connectivity index (χ0v) is 15.3. The van der Waals surface area contributed by atoms with Crippen LogP contribution in [0.4, 0.5) is 10.1 Å². The van der Waals surface area contributed by atoms with Gasteiger partial charge in [-0.2, -0.15) is 4.31 Å². The summed E-state index contributed by atoms with van der Waals surface area (Å²) in [5.41, 5.74) is 0.199. The molecule has 1 aliphatic rings. The smallest absolute Gasteiger partial charge is 0.262 e. The molecule has 1 aromatic carbocycles. The molecule has 2 heterocycles. The van der Waals surface area contributed by atoms with E-state index in [1.54, 1.807) is 7.05 Å². The van der Waals surface area contributed by atoms with E-state index in [1.807, 2.05) is 0 Å². The summed E-state index contributed by atoms with van der Waals surface area (Å²) < 4.78 is 46.7. The van der Waals surface area contributed by atoms with Gasteiger partial charge in [-0.1, -0.05) is 11.6 Å². The monoisotopic (exact) mass is 402 g/mol. The summed E-state index contributed by atoms with van der Waals surface area (Å²) in [7, 11) is -2.17. The van der Waals surface area contributed by atoms with Crippen molar-refractivity contribution in [2.45, 2.75) is 11.1 Å². The summed E-state index contributed by atoms with van der Waals surface area (Å²) in [5.74, 6) is -1.25. The van der Waals surface area contributed by atoms with Crippen LogP contribution in [0.5, 0.6) is 0 Å². The van der Waals surface area contributed by atoms with Crippen LogP contribution in [-0.2, 0) is 26.6 Å². The fraction of sp³-hybridized carbons (Fsp3) is 0.333. The first-order valence-corrected chi connectivity index (χ1v) is 9.45. The van der Waals surface area contributed by atoms with Crippen molar-refractivity contribution in [1.29, 1.82) is 0 Å².